The van der Waals surface area contributed by atoms with Crippen LogP contribution in [-0.4, -0.2) is 75.8 Å². The topological polar surface area (TPSA) is 179 Å². The van der Waals surface area contributed by atoms with Gasteiger partial charge in [0.1, 0.15) is 24.9 Å². The molecule has 7 N–H and O–H groups in total. The van der Waals surface area contributed by atoms with Gasteiger partial charge in [-0.3, -0.25) is 19.7 Å². The molecule has 0 rings (SSSR count). The zero-order valence-electron chi connectivity index (χ0n) is 12.1. The largest absolute Gasteiger partial charge is 0.462 e. The van der Waals surface area contributed by atoms with Crippen LogP contribution >= 0.6 is 0 Å². The van der Waals surface area contributed by atoms with Gasteiger partial charge in [0.2, 0.25) is 5.91 Å². The summed E-state index contributed by atoms with van der Waals surface area (Å²) >= 11 is 0. The van der Waals surface area contributed by atoms with Crippen molar-refractivity contribution < 1.29 is 39.5 Å². The third-order valence-electron chi connectivity index (χ3n) is 2.66. The molecule has 0 aliphatic rings. The minimum atomic E-state index is -2.14. The van der Waals surface area contributed by atoms with E-state index in [-0.39, 0.29) is 6.42 Å². The normalized spacial score (nSPS) is 16.3. The lowest BCUT2D eigenvalue weighted by molar-refractivity contribution is -0.159. The Morgan fingerprint density at radius 3 is 2.23 bits per heavy atom. The number of amides is 2. The predicted molar refractivity (Wildman–Crippen MR) is 72.1 cm³/mol. The lowest BCUT2D eigenvalue weighted by Crippen LogP contribution is -2.52. The van der Waals surface area contributed by atoms with Gasteiger partial charge in [0.15, 0.2) is 6.10 Å². The van der Waals surface area contributed by atoms with E-state index in [0.717, 1.165) is 0 Å². The molecule has 0 saturated carbocycles. The fourth-order valence-corrected chi connectivity index (χ4v) is 1.41. The Morgan fingerprint density at radius 1 is 1.14 bits per heavy atom. The van der Waals surface area contributed by atoms with Crippen molar-refractivity contribution in [1.82, 2.24) is 5.32 Å². The lowest BCUT2D eigenvalue weighted by Gasteiger charge is -2.25. The van der Waals surface area contributed by atoms with Gasteiger partial charge < -0.3 is 30.9 Å². The molecule has 0 spiro atoms. The van der Waals surface area contributed by atoms with Gasteiger partial charge in [-0.25, -0.2) is 0 Å². The molecule has 4 atom stereocenters. The summed E-state index contributed by atoms with van der Waals surface area (Å²) in [7, 11) is 0. The average Bonchev–Trinajstić information content (AvgIpc) is 2.49. The van der Waals surface area contributed by atoms with Gasteiger partial charge in [-0.05, 0) is 6.42 Å². The molecule has 0 aliphatic heterocycles. The summed E-state index contributed by atoms with van der Waals surface area (Å²) in [5.41, 5.74) is 4.96. The van der Waals surface area contributed by atoms with Crippen molar-refractivity contribution in [2.45, 2.75) is 44.2 Å². The van der Waals surface area contributed by atoms with E-state index in [4.69, 9.17) is 5.73 Å². The van der Waals surface area contributed by atoms with Crippen molar-refractivity contribution in [3.63, 3.8) is 0 Å². The highest BCUT2D eigenvalue weighted by atomic mass is 16.5. The number of hydrogen-bond donors (Lipinski definition) is 6. The molecule has 0 saturated heterocycles. The van der Waals surface area contributed by atoms with Crippen molar-refractivity contribution in [2.75, 3.05) is 13.2 Å². The Balaban J connectivity index is 4.46. The number of hydrogen-bond acceptors (Lipinski definition) is 9. The van der Waals surface area contributed by atoms with Crippen molar-refractivity contribution >= 4 is 17.8 Å². The smallest absolute Gasteiger partial charge is 0.319 e. The van der Waals surface area contributed by atoms with Crippen LogP contribution in [0.4, 0.5) is 0 Å². The first kappa shape index (κ1) is 20.4. The highest BCUT2D eigenvalue weighted by Crippen LogP contribution is 2.06. The summed E-state index contributed by atoms with van der Waals surface area (Å²) in [5.74, 6) is -2.70. The van der Waals surface area contributed by atoms with Gasteiger partial charge in [0.25, 0.3) is 5.91 Å². The summed E-state index contributed by atoms with van der Waals surface area (Å²) in [6.45, 7) is 0.589. The highest BCUT2D eigenvalue weighted by molar-refractivity contribution is 5.97. The number of esters is 1. The fourth-order valence-electron chi connectivity index (χ4n) is 1.41. The van der Waals surface area contributed by atoms with Gasteiger partial charge in [-0.15, -0.1) is 0 Å². The highest BCUT2D eigenvalue weighted by Gasteiger charge is 2.35. The Hall–Kier alpha value is -1.59. The second-order valence-electron chi connectivity index (χ2n) is 4.54. The van der Waals surface area contributed by atoms with E-state index in [1.807, 2.05) is 5.32 Å². The Kier molecular flexibility index (Phi) is 9.45. The van der Waals surface area contributed by atoms with Crippen LogP contribution in [0.25, 0.3) is 0 Å². The van der Waals surface area contributed by atoms with Gasteiger partial charge >= 0.3 is 5.97 Å². The summed E-state index contributed by atoms with van der Waals surface area (Å²) in [6, 6.07) is 0. The number of aliphatic hydroxyl groups excluding tert-OH is 4. The number of nitrogens with one attached hydrogen (secondary N) is 1. The summed E-state index contributed by atoms with van der Waals surface area (Å²) in [4.78, 5) is 33.4. The van der Waals surface area contributed by atoms with E-state index < -0.39 is 55.4 Å². The molecule has 0 unspecified atom stereocenters. The first-order chi connectivity index (χ1) is 10.2. The Morgan fingerprint density at radius 2 is 1.73 bits per heavy atom. The first-order valence-corrected chi connectivity index (χ1v) is 6.66. The van der Waals surface area contributed by atoms with Gasteiger partial charge in [0.05, 0.1) is 6.54 Å². The SMILES string of the molecule is CCCC(=O)NC(=O)[C@H](O)[C@@H](O)[C@H](O)[C@H](O)COC(=O)CN. The van der Waals surface area contributed by atoms with Crippen molar-refractivity contribution in [3.05, 3.63) is 0 Å². The zero-order chi connectivity index (χ0) is 17.3. The molecule has 10 nitrogen and oxygen atoms in total. The van der Waals surface area contributed by atoms with Crippen LogP contribution in [0.5, 0.6) is 0 Å². The minimum Gasteiger partial charge on any atom is -0.462 e. The van der Waals surface area contributed by atoms with Crippen LogP contribution in [0, 0.1) is 0 Å². The number of ether oxygens (including phenoxy) is 1. The number of nitrogens with two attached hydrogens (primary N) is 1. The third kappa shape index (κ3) is 6.91. The van der Waals surface area contributed by atoms with E-state index in [1.165, 1.54) is 0 Å². The molecule has 0 aromatic heterocycles. The molecular weight excluding hydrogens is 300 g/mol. The molecule has 0 aromatic carbocycles. The van der Waals surface area contributed by atoms with E-state index in [0.29, 0.717) is 6.42 Å². The van der Waals surface area contributed by atoms with Crippen LogP contribution < -0.4 is 11.1 Å². The maximum atomic E-state index is 11.5. The third-order valence-corrected chi connectivity index (χ3v) is 2.66. The summed E-state index contributed by atoms with van der Waals surface area (Å²) < 4.78 is 4.44. The molecule has 0 aromatic rings. The van der Waals surface area contributed by atoms with Crippen LogP contribution in [-0.2, 0) is 19.1 Å². The van der Waals surface area contributed by atoms with Crippen LogP contribution in [0.15, 0.2) is 0 Å². The van der Waals surface area contributed by atoms with Crippen LogP contribution in [0.3, 0.4) is 0 Å². The number of aliphatic hydroxyl groups is 4. The first-order valence-electron chi connectivity index (χ1n) is 6.66. The maximum absolute atomic E-state index is 11.5. The molecule has 22 heavy (non-hydrogen) atoms. The molecule has 0 aliphatic carbocycles. The molecule has 10 heteroatoms. The van der Waals surface area contributed by atoms with Crippen LogP contribution in [0.1, 0.15) is 19.8 Å². The van der Waals surface area contributed by atoms with Gasteiger partial charge in [-0.1, -0.05) is 6.92 Å². The number of imide groups is 1. The predicted octanol–water partition coefficient (Wildman–Crippen LogP) is -3.63. The molecule has 0 radical (unpaired) electrons. The summed E-state index contributed by atoms with van der Waals surface area (Å²) in [5, 5.41) is 40.0. The number of rotatable bonds is 9. The molecule has 0 fully saturated rings. The van der Waals surface area contributed by atoms with E-state index in [1.54, 1.807) is 6.92 Å². The van der Waals surface area contributed by atoms with Gasteiger partial charge in [0, 0.05) is 6.42 Å². The van der Waals surface area contributed by atoms with E-state index in [9.17, 15) is 34.8 Å². The average molecular weight is 322 g/mol. The molecular formula is C12H22N2O8. The van der Waals surface area contributed by atoms with E-state index in [2.05, 4.69) is 4.74 Å². The maximum Gasteiger partial charge on any atom is 0.319 e. The monoisotopic (exact) mass is 322 g/mol. The standard InChI is InChI=1S/C12H22N2O8/c1-2-3-7(16)14-12(21)11(20)10(19)9(18)6(15)5-22-8(17)4-13/h6,9-11,15,18-20H,2-5,13H2,1H3,(H,14,16,21)/t6-,9-,10+,11-/m1/s1. The lowest BCUT2D eigenvalue weighted by atomic mass is 10.0. The van der Waals surface area contributed by atoms with Crippen molar-refractivity contribution in [2.24, 2.45) is 5.73 Å². The Labute approximate surface area is 126 Å². The summed E-state index contributed by atoms with van der Waals surface area (Å²) in [6.07, 6.45) is -7.43. The molecule has 128 valence electrons. The van der Waals surface area contributed by atoms with Crippen LogP contribution in [0.2, 0.25) is 0 Å². The second-order valence-corrected chi connectivity index (χ2v) is 4.54. The quantitative estimate of drug-likeness (QED) is 0.233. The minimum absolute atomic E-state index is 0.0504. The zero-order valence-corrected chi connectivity index (χ0v) is 12.1. The second kappa shape index (κ2) is 10.2. The van der Waals surface area contributed by atoms with E-state index >= 15 is 0 Å². The Bertz CT molecular complexity index is 389. The number of carbonyl (C=O) groups excluding carboxylic acids is 3. The van der Waals surface area contributed by atoms with Crippen molar-refractivity contribution in [3.8, 4) is 0 Å². The van der Waals surface area contributed by atoms with Crippen molar-refractivity contribution in [1.29, 1.82) is 0 Å². The van der Waals surface area contributed by atoms with Gasteiger partial charge in [-0.2, -0.15) is 0 Å². The molecule has 2 amide bonds. The fraction of sp³-hybridized carbons (Fsp3) is 0.750. The molecule has 0 heterocycles. The molecule has 0 bridgehead atoms. The number of carbonyl (C=O) groups is 3.